The highest BCUT2D eigenvalue weighted by molar-refractivity contribution is 7.15. The lowest BCUT2D eigenvalue weighted by Gasteiger charge is -2.28. The van der Waals surface area contributed by atoms with Crippen LogP contribution in [0.1, 0.15) is 39.3 Å². The molecule has 192 valence electrons. The van der Waals surface area contributed by atoms with Crippen LogP contribution in [-0.2, 0) is 24.2 Å². The van der Waals surface area contributed by atoms with Gasteiger partial charge >= 0.3 is 0 Å². The van der Waals surface area contributed by atoms with Crippen molar-refractivity contribution in [1.29, 1.82) is 0 Å². The molecule has 1 aliphatic rings. The van der Waals surface area contributed by atoms with Crippen LogP contribution < -0.4 is 5.56 Å². The Morgan fingerprint density at radius 2 is 1.82 bits per heavy atom. The molecule has 0 spiro atoms. The predicted molar refractivity (Wildman–Crippen MR) is 150 cm³/mol. The summed E-state index contributed by atoms with van der Waals surface area (Å²) in [7, 11) is 0. The molecule has 1 amide bonds. The fourth-order valence-electron chi connectivity index (χ4n) is 5.38. The summed E-state index contributed by atoms with van der Waals surface area (Å²) < 4.78 is 3.47. The molecule has 0 bridgehead atoms. The molecule has 0 saturated carbocycles. The van der Waals surface area contributed by atoms with Crippen LogP contribution in [0.3, 0.4) is 0 Å². The van der Waals surface area contributed by atoms with E-state index in [1.807, 2.05) is 47.0 Å². The number of fused-ring (bicyclic) bond motifs is 2. The van der Waals surface area contributed by atoms with E-state index in [2.05, 4.69) is 44.2 Å². The summed E-state index contributed by atoms with van der Waals surface area (Å²) in [5.74, 6) is 0.0168. The fraction of sp³-hybridized carbons (Fsp3) is 0.267. The van der Waals surface area contributed by atoms with E-state index in [-0.39, 0.29) is 17.9 Å². The number of aromatic nitrogens is 4. The molecule has 0 unspecified atom stereocenters. The highest BCUT2D eigenvalue weighted by Crippen LogP contribution is 2.25. The Bertz CT molecular complexity index is 1780. The van der Waals surface area contributed by atoms with Gasteiger partial charge < -0.3 is 4.90 Å². The highest BCUT2D eigenvalue weighted by Gasteiger charge is 2.24. The number of aryl methyl sites for hydroxylation is 4. The van der Waals surface area contributed by atoms with Crippen molar-refractivity contribution in [2.24, 2.45) is 0 Å². The van der Waals surface area contributed by atoms with Crippen LogP contribution in [0.2, 0.25) is 0 Å². The summed E-state index contributed by atoms with van der Waals surface area (Å²) in [6, 6.07) is 16.4. The Balaban J connectivity index is 1.35. The van der Waals surface area contributed by atoms with E-state index in [0.29, 0.717) is 40.7 Å². The number of carbonyl (C=O) groups is 1. The fourth-order valence-corrected chi connectivity index (χ4v) is 6.31. The number of thiazole rings is 1. The lowest BCUT2D eigenvalue weighted by molar-refractivity contribution is -0.131. The zero-order valence-electron chi connectivity index (χ0n) is 22.0. The average molecular weight is 524 g/mol. The van der Waals surface area contributed by atoms with E-state index in [0.717, 1.165) is 23.4 Å². The predicted octanol–water partition coefficient (Wildman–Crippen LogP) is 4.97. The molecule has 1 aliphatic heterocycles. The Labute approximate surface area is 225 Å². The van der Waals surface area contributed by atoms with Crippen molar-refractivity contribution in [2.45, 2.75) is 47.1 Å². The van der Waals surface area contributed by atoms with E-state index in [9.17, 15) is 9.59 Å². The van der Waals surface area contributed by atoms with Gasteiger partial charge in [0.25, 0.3) is 5.56 Å². The second kappa shape index (κ2) is 9.36. The van der Waals surface area contributed by atoms with Gasteiger partial charge in [-0.15, -0.1) is 11.3 Å². The lowest BCUT2D eigenvalue weighted by atomic mass is 9.99. The third-order valence-electron chi connectivity index (χ3n) is 7.36. The van der Waals surface area contributed by atoms with Gasteiger partial charge in [-0.3, -0.25) is 14.0 Å². The van der Waals surface area contributed by atoms with Gasteiger partial charge in [0.15, 0.2) is 4.96 Å². The molecular formula is C30H29N5O2S. The molecule has 7 nitrogen and oxygen atoms in total. The van der Waals surface area contributed by atoms with Crippen molar-refractivity contribution in [3.63, 3.8) is 0 Å². The second-order valence-electron chi connectivity index (χ2n) is 10.1. The lowest BCUT2D eigenvalue weighted by Crippen LogP contribution is -2.37. The van der Waals surface area contributed by atoms with Crippen LogP contribution in [0.25, 0.3) is 21.9 Å². The van der Waals surface area contributed by atoms with E-state index < -0.39 is 0 Å². The van der Waals surface area contributed by atoms with E-state index in [1.165, 1.54) is 28.0 Å². The highest BCUT2D eigenvalue weighted by atomic mass is 32.1. The SMILES string of the molecule is Cc1ccc(-n2nc(-c3c(C)nc4scc(CC(=O)N5CCc6ccccc6C5)n4c3=O)cc2C)c(C)c1. The van der Waals surface area contributed by atoms with Gasteiger partial charge in [-0.25, -0.2) is 9.67 Å². The number of nitrogens with zero attached hydrogens (tertiary/aromatic N) is 5. The van der Waals surface area contributed by atoms with Gasteiger partial charge in [-0.2, -0.15) is 5.10 Å². The van der Waals surface area contributed by atoms with Crippen molar-refractivity contribution >= 4 is 22.2 Å². The molecule has 3 aromatic heterocycles. The first-order valence-corrected chi connectivity index (χ1v) is 13.7. The van der Waals surface area contributed by atoms with Crippen molar-refractivity contribution in [1.82, 2.24) is 24.1 Å². The molecule has 6 rings (SSSR count). The topological polar surface area (TPSA) is 72.5 Å². The van der Waals surface area contributed by atoms with Crippen LogP contribution in [0.15, 0.2) is 58.7 Å². The van der Waals surface area contributed by atoms with Crippen LogP contribution in [0, 0.1) is 27.7 Å². The second-order valence-corrected chi connectivity index (χ2v) is 10.9. The Morgan fingerprint density at radius 3 is 2.61 bits per heavy atom. The third-order valence-corrected chi connectivity index (χ3v) is 8.24. The molecule has 0 fully saturated rings. The summed E-state index contributed by atoms with van der Waals surface area (Å²) in [5.41, 5.74) is 8.87. The number of rotatable bonds is 4. The number of hydrogen-bond acceptors (Lipinski definition) is 5. The monoisotopic (exact) mass is 523 g/mol. The van der Waals surface area contributed by atoms with Gasteiger partial charge in [0.1, 0.15) is 5.69 Å². The van der Waals surface area contributed by atoms with Crippen molar-refractivity contribution < 1.29 is 4.79 Å². The zero-order chi connectivity index (χ0) is 26.6. The average Bonchev–Trinajstić information content (AvgIpc) is 3.46. The normalized spacial score (nSPS) is 13.2. The van der Waals surface area contributed by atoms with E-state index in [1.54, 1.807) is 4.40 Å². The largest absolute Gasteiger partial charge is 0.338 e. The first-order chi connectivity index (χ1) is 18.3. The molecule has 2 aromatic carbocycles. The standard InChI is InChI=1S/C30H29N5O2S/c1-18-9-10-26(19(2)13-18)35-20(3)14-25(32-35)28-21(4)31-30-34(29(28)37)24(17-38-30)15-27(36)33-12-11-22-7-5-6-8-23(22)16-33/h5-10,13-14,17H,11-12,15-16H2,1-4H3. The maximum absolute atomic E-state index is 13.9. The van der Waals surface area contributed by atoms with Gasteiger partial charge in [0.2, 0.25) is 5.91 Å². The summed E-state index contributed by atoms with van der Waals surface area (Å²) >= 11 is 1.39. The summed E-state index contributed by atoms with van der Waals surface area (Å²) in [4.78, 5) is 34.4. The minimum atomic E-state index is -0.189. The van der Waals surface area contributed by atoms with Gasteiger partial charge in [0, 0.05) is 29.9 Å². The van der Waals surface area contributed by atoms with Crippen molar-refractivity contribution in [3.05, 3.63) is 104 Å². The van der Waals surface area contributed by atoms with Crippen LogP contribution >= 0.6 is 11.3 Å². The first-order valence-electron chi connectivity index (χ1n) is 12.8. The molecule has 8 heteroatoms. The number of benzene rings is 2. The maximum Gasteiger partial charge on any atom is 0.268 e. The van der Waals surface area contributed by atoms with E-state index in [4.69, 9.17) is 10.1 Å². The maximum atomic E-state index is 13.9. The number of amides is 1. The summed E-state index contributed by atoms with van der Waals surface area (Å²) in [6.07, 6.45) is 1.00. The van der Waals surface area contributed by atoms with Gasteiger partial charge in [-0.1, -0.05) is 42.0 Å². The molecule has 0 radical (unpaired) electrons. The number of carbonyl (C=O) groups excluding carboxylic acids is 1. The zero-order valence-corrected chi connectivity index (χ0v) is 22.8. The minimum Gasteiger partial charge on any atom is -0.338 e. The third kappa shape index (κ3) is 4.15. The van der Waals surface area contributed by atoms with Crippen LogP contribution in [0.5, 0.6) is 0 Å². The molecule has 0 saturated heterocycles. The molecule has 0 atom stereocenters. The van der Waals surface area contributed by atoms with Crippen molar-refractivity contribution in [2.75, 3.05) is 6.54 Å². The first kappa shape index (κ1) is 24.3. The Kier molecular flexibility index (Phi) is 5.99. The van der Waals surface area contributed by atoms with Crippen molar-refractivity contribution in [3.8, 4) is 16.9 Å². The van der Waals surface area contributed by atoms with Gasteiger partial charge in [0.05, 0.1) is 23.4 Å². The quantitative estimate of drug-likeness (QED) is 0.334. The molecular weight excluding hydrogens is 494 g/mol. The minimum absolute atomic E-state index is 0.0168. The summed E-state index contributed by atoms with van der Waals surface area (Å²) in [5, 5.41) is 6.71. The van der Waals surface area contributed by atoms with Gasteiger partial charge in [-0.05, 0) is 62.9 Å². The molecule has 38 heavy (non-hydrogen) atoms. The Morgan fingerprint density at radius 1 is 1.03 bits per heavy atom. The van der Waals surface area contributed by atoms with E-state index >= 15 is 0 Å². The molecule has 4 heterocycles. The molecule has 5 aromatic rings. The van der Waals surface area contributed by atoms with Crippen LogP contribution in [0.4, 0.5) is 0 Å². The van der Waals surface area contributed by atoms with Crippen LogP contribution in [-0.4, -0.2) is 36.5 Å². The number of hydrogen-bond donors (Lipinski definition) is 0. The summed E-state index contributed by atoms with van der Waals surface area (Å²) in [6.45, 7) is 9.25. The Hall–Kier alpha value is -4.04. The molecule has 0 aliphatic carbocycles. The smallest absolute Gasteiger partial charge is 0.268 e. The molecule has 0 N–H and O–H groups in total.